The zero-order chi connectivity index (χ0) is 11.7. The number of para-hydroxylation sites is 1. The smallest absolute Gasteiger partial charge is 0.186 e. The second kappa shape index (κ2) is 4.53. The molecule has 0 atom stereocenters. The van der Waals surface area contributed by atoms with Crippen LogP contribution in [0.5, 0.6) is 5.75 Å². The van der Waals surface area contributed by atoms with Crippen LogP contribution in [0.25, 0.3) is 10.2 Å². The minimum Gasteiger partial charge on any atom is -0.494 e. The summed E-state index contributed by atoms with van der Waals surface area (Å²) in [5.41, 5.74) is 1.00. The Labute approximate surface area is 105 Å². The van der Waals surface area contributed by atoms with Gasteiger partial charge in [0.25, 0.3) is 0 Å². The minimum absolute atomic E-state index is 0.877. The number of hydrogen-bond donors (Lipinski definition) is 0. The molecule has 0 spiro atoms. The summed E-state index contributed by atoms with van der Waals surface area (Å²) < 4.78 is 6.57. The molecule has 2 heterocycles. The van der Waals surface area contributed by atoms with Gasteiger partial charge in [0.15, 0.2) is 5.13 Å². The maximum atomic E-state index is 5.35. The summed E-state index contributed by atoms with van der Waals surface area (Å²) in [7, 11) is 1.70. The number of ether oxygens (including phenoxy) is 1. The second-order valence-corrected chi connectivity index (χ2v) is 5.36. The number of piperidine rings is 1. The SMILES string of the molecule is COc1cccc2sc(N3CCCCC3)nc12. The molecule has 3 nitrogen and oxygen atoms in total. The van der Waals surface area contributed by atoms with Gasteiger partial charge in [0.1, 0.15) is 11.3 Å². The first kappa shape index (κ1) is 10.8. The number of aromatic nitrogens is 1. The van der Waals surface area contributed by atoms with Gasteiger partial charge in [-0.15, -0.1) is 0 Å². The van der Waals surface area contributed by atoms with Crippen LogP contribution in [-0.4, -0.2) is 25.2 Å². The first-order valence-electron chi connectivity index (χ1n) is 6.07. The zero-order valence-corrected chi connectivity index (χ0v) is 10.8. The molecule has 0 unspecified atom stereocenters. The molecule has 2 aromatic rings. The highest BCUT2D eigenvalue weighted by molar-refractivity contribution is 7.22. The molecule has 1 fully saturated rings. The Bertz CT molecular complexity index is 517. The van der Waals surface area contributed by atoms with E-state index in [2.05, 4.69) is 11.0 Å². The lowest BCUT2D eigenvalue weighted by molar-refractivity contribution is 0.419. The number of thiazole rings is 1. The van der Waals surface area contributed by atoms with E-state index < -0.39 is 0 Å². The van der Waals surface area contributed by atoms with Crippen LogP contribution in [0.15, 0.2) is 18.2 Å². The summed E-state index contributed by atoms with van der Waals surface area (Å²) in [6.45, 7) is 2.28. The van der Waals surface area contributed by atoms with E-state index in [1.54, 1.807) is 18.4 Å². The Morgan fingerprint density at radius 1 is 1.24 bits per heavy atom. The van der Waals surface area contributed by atoms with Crippen molar-refractivity contribution in [1.29, 1.82) is 0 Å². The lowest BCUT2D eigenvalue weighted by Gasteiger charge is -2.25. The number of fused-ring (bicyclic) bond motifs is 1. The van der Waals surface area contributed by atoms with E-state index >= 15 is 0 Å². The van der Waals surface area contributed by atoms with E-state index in [-0.39, 0.29) is 0 Å². The minimum atomic E-state index is 0.877. The normalized spacial score (nSPS) is 16.4. The predicted octanol–water partition coefficient (Wildman–Crippen LogP) is 3.30. The largest absolute Gasteiger partial charge is 0.494 e. The van der Waals surface area contributed by atoms with Crippen molar-refractivity contribution in [2.45, 2.75) is 19.3 Å². The highest BCUT2D eigenvalue weighted by atomic mass is 32.1. The number of anilines is 1. The Balaban J connectivity index is 2.00. The first-order chi connectivity index (χ1) is 8.38. The third-order valence-corrected chi connectivity index (χ3v) is 4.30. The van der Waals surface area contributed by atoms with E-state index in [0.717, 1.165) is 29.5 Å². The van der Waals surface area contributed by atoms with Gasteiger partial charge in [0, 0.05) is 13.1 Å². The molecule has 1 aromatic heterocycles. The number of rotatable bonds is 2. The Morgan fingerprint density at radius 3 is 2.82 bits per heavy atom. The van der Waals surface area contributed by atoms with E-state index in [9.17, 15) is 0 Å². The molecule has 0 bridgehead atoms. The molecule has 0 aliphatic carbocycles. The molecule has 3 rings (SSSR count). The molecule has 1 aromatic carbocycles. The van der Waals surface area contributed by atoms with Crippen molar-refractivity contribution in [3.05, 3.63) is 18.2 Å². The molecule has 90 valence electrons. The number of methoxy groups -OCH3 is 1. The fraction of sp³-hybridized carbons (Fsp3) is 0.462. The fourth-order valence-corrected chi connectivity index (χ4v) is 3.33. The van der Waals surface area contributed by atoms with Gasteiger partial charge in [-0.2, -0.15) is 0 Å². The quantitative estimate of drug-likeness (QED) is 0.815. The van der Waals surface area contributed by atoms with Crippen LogP contribution < -0.4 is 9.64 Å². The van der Waals surface area contributed by atoms with E-state index in [1.165, 1.54) is 24.0 Å². The van der Waals surface area contributed by atoms with Gasteiger partial charge >= 0.3 is 0 Å². The average molecular weight is 248 g/mol. The van der Waals surface area contributed by atoms with Gasteiger partial charge in [-0.25, -0.2) is 4.98 Å². The summed E-state index contributed by atoms with van der Waals surface area (Å²) in [6.07, 6.45) is 3.92. The predicted molar refractivity (Wildman–Crippen MR) is 72.2 cm³/mol. The molecule has 0 saturated carbocycles. The third-order valence-electron chi connectivity index (χ3n) is 3.22. The van der Waals surface area contributed by atoms with Gasteiger partial charge in [0.2, 0.25) is 0 Å². The second-order valence-electron chi connectivity index (χ2n) is 4.35. The van der Waals surface area contributed by atoms with Gasteiger partial charge in [-0.05, 0) is 31.4 Å². The third kappa shape index (κ3) is 1.97. The summed E-state index contributed by atoms with van der Waals surface area (Å²) in [4.78, 5) is 7.12. The molecule has 0 radical (unpaired) electrons. The molecular formula is C13H16N2OS. The molecule has 1 aliphatic rings. The highest BCUT2D eigenvalue weighted by Gasteiger charge is 2.16. The van der Waals surface area contributed by atoms with Crippen LogP contribution in [0.2, 0.25) is 0 Å². The number of hydrogen-bond acceptors (Lipinski definition) is 4. The topological polar surface area (TPSA) is 25.4 Å². The maximum absolute atomic E-state index is 5.35. The van der Waals surface area contributed by atoms with Crippen LogP contribution in [0, 0.1) is 0 Å². The van der Waals surface area contributed by atoms with E-state index in [4.69, 9.17) is 9.72 Å². The molecule has 1 saturated heterocycles. The summed E-state index contributed by atoms with van der Waals surface area (Å²) >= 11 is 1.77. The van der Waals surface area contributed by atoms with Gasteiger partial charge in [-0.1, -0.05) is 17.4 Å². The van der Waals surface area contributed by atoms with Crippen LogP contribution >= 0.6 is 11.3 Å². The fourth-order valence-electron chi connectivity index (χ4n) is 2.30. The van der Waals surface area contributed by atoms with Crippen molar-refractivity contribution >= 4 is 26.7 Å². The van der Waals surface area contributed by atoms with E-state index in [0.29, 0.717) is 0 Å². The lowest BCUT2D eigenvalue weighted by atomic mass is 10.1. The Morgan fingerprint density at radius 2 is 2.06 bits per heavy atom. The molecule has 0 N–H and O–H groups in total. The van der Waals surface area contributed by atoms with Crippen molar-refractivity contribution < 1.29 is 4.74 Å². The Kier molecular flexibility index (Phi) is 2.89. The Hall–Kier alpha value is -1.29. The summed E-state index contributed by atoms with van der Waals surface area (Å²) in [5.74, 6) is 0.877. The van der Waals surface area contributed by atoms with E-state index in [1.807, 2.05) is 12.1 Å². The number of nitrogens with zero attached hydrogens (tertiary/aromatic N) is 2. The summed E-state index contributed by atoms with van der Waals surface area (Å²) in [5, 5.41) is 1.14. The molecule has 0 amide bonds. The maximum Gasteiger partial charge on any atom is 0.186 e. The van der Waals surface area contributed by atoms with Gasteiger partial charge < -0.3 is 9.64 Å². The van der Waals surface area contributed by atoms with Crippen molar-refractivity contribution in [3.8, 4) is 5.75 Å². The summed E-state index contributed by atoms with van der Waals surface area (Å²) in [6, 6.07) is 6.12. The standard InChI is InChI=1S/C13H16N2OS/c1-16-10-6-5-7-11-12(10)14-13(17-11)15-8-3-2-4-9-15/h5-7H,2-4,8-9H2,1H3. The monoisotopic (exact) mass is 248 g/mol. The van der Waals surface area contributed by atoms with Crippen molar-refractivity contribution in [2.75, 3.05) is 25.1 Å². The lowest BCUT2D eigenvalue weighted by Crippen LogP contribution is -2.29. The van der Waals surface area contributed by atoms with Crippen LogP contribution in [0.3, 0.4) is 0 Å². The first-order valence-corrected chi connectivity index (χ1v) is 6.88. The van der Waals surface area contributed by atoms with Gasteiger partial charge in [0.05, 0.1) is 11.8 Å². The average Bonchev–Trinajstić information content (AvgIpc) is 2.83. The zero-order valence-electron chi connectivity index (χ0n) is 9.98. The molecular weight excluding hydrogens is 232 g/mol. The molecule has 1 aliphatic heterocycles. The van der Waals surface area contributed by atoms with Crippen molar-refractivity contribution in [2.24, 2.45) is 0 Å². The molecule has 17 heavy (non-hydrogen) atoms. The van der Waals surface area contributed by atoms with Gasteiger partial charge in [-0.3, -0.25) is 0 Å². The number of benzene rings is 1. The van der Waals surface area contributed by atoms with Crippen molar-refractivity contribution in [1.82, 2.24) is 4.98 Å². The van der Waals surface area contributed by atoms with Crippen LogP contribution in [0.1, 0.15) is 19.3 Å². The van der Waals surface area contributed by atoms with Crippen molar-refractivity contribution in [3.63, 3.8) is 0 Å². The van der Waals surface area contributed by atoms with Crippen LogP contribution in [0.4, 0.5) is 5.13 Å². The van der Waals surface area contributed by atoms with Crippen LogP contribution in [-0.2, 0) is 0 Å². The highest BCUT2D eigenvalue weighted by Crippen LogP contribution is 2.34. The molecule has 4 heteroatoms.